The molecule has 1 heterocycles. The fourth-order valence-corrected chi connectivity index (χ4v) is 2.29. The van der Waals surface area contributed by atoms with Gasteiger partial charge in [0.25, 0.3) is 11.5 Å². The molecule has 0 saturated heterocycles. The van der Waals surface area contributed by atoms with Crippen molar-refractivity contribution in [1.82, 2.24) is 15.5 Å². The number of nitrogens with zero attached hydrogens (tertiary/aromatic N) is 1. The van der Waals surface area contributed by atoms with Gasteiger partial charge in [-0.2, -0.15) is 5.10 Å². The van der Waals surface area contributed by atoms with E-state index in [1.165, 1.54) is 24.3 Å². The van der Waals surface area contributed by atoms with Crippen LogP contribution >= 0.6 is 0 Å². The van der Waals surface area contributed by atoms with E-state index in [9.17, 15) is 18.0 Å². The topological polar surface area (TPSA) is 135 Å². The lowest BCUT2D eigenvalue weighted by atomic mass is 10.1. The first-order valence-electron chi connectivity index (χ1n) is 6.27. The average Bonchev–Trinajstić information content (AvgIpc) is 2.47. The van der Waals surface area contributed by atoms with Crippen LogP contribution in [-0.2, 0) is 10.0 Å². The highest BCUT2D eigenvalue weighted by Crippen LogP contribution is 2.15. The maximum absolute atomic E-state index is 12.0. The van der Waals surface area contributed by atoms with Crippen LogP contribution < -0.4 is 16.0 Å². The van der Waals surface area contributed by atoms with Gasteiger partial charge in [-0.3, -0.25) is 9.59 Å². The minimum Gasteiger partial charge on any atom is -0.344 e. The van der Waals surface area contributed by atoms with Crippen LogP contribution in [-0.4, -0.2) is 24.5 Å². The van der Waals surface area contributed by atoms with Crippen molar-refractivity contribution in [2.45, 2.75) is 17.9 Å². The summed E-state index contributed by atoms with van der Waals surface area (Å²) in [5, 5.41) is 13.5. The molecule has 22 heavy (non-hydrogen) atoms. The zero-order chi connectivity index (χ0) is 16.3. The molecule has 0 radical (unpaired) electrons. The standard InChI is InChI=1S/C13H14N4O4S/c1-8(9-2-4-10(5-3-9)22(14,20)21)15-13(19)11-6-7-12(18)17-16-11/h2-8H,1H3,(H,15,19)(H,17,18)(H2,14,20,21)/t8-/m1/s1. The predicted molar refractivity (Wildman–Crippen MR) is 78.6 cm³/mol. The molecule has 2 rings (SSSR count). The molecule has 1 amide bonds. The molecule has 0 spiro atoms. The largest absolute Gasteiger partial charge is 0.344 e. The highest BCUT2D eigenvalue weighted by atomic mass is 32.2. The highest BCUT2D eigenvalue weighted by Gasteiger charge is 2.14. The molecule has 0 unspecified atom stereocenters. The lowest BCUT2D eigenvalue weighted by Crippen LogP contribution is -2.28. The summed E-state index contributed by atoms with van der Waals surface area (Å²) in [6.07, 6.45) is 0. The highest BCUT2D eigenvalue weighted by molar-refractivity contribution is 7.89. The summed E-state index contributed by atoms with van der Waals surface area (Å²) in [6.45, 7) is 1.73. The Bertz CT molecular complexity index is 823. The van der Waals surface area contributed by atoms with Gasteiger partial charge in [-0.25, -0.2) is 18.7 Å². The van der Waals surface area contributed by atoms with Gasteiger partial charge in [0.15, 0.2) is 0 Å². The Morgan fingerprint density at radius 2 is 1.86 bits per heavy atom. The van der Waals surface area contributed by atoms with Gasteiger partial charge in [0, 0.05) is 6.07 Å². The average molecular weight is 322 g/mol. The van der Waals surface area contributed by atoms with Gasteiger partial charge in [0.2, 0.25) is 10.0 Å². The minimum absolute atomic E-state index is 0.00271. The Kier molecular flexibility index (Phi) is 4.38. The quantitative estimate of drug-likeness (QED) is 0.723. The van der Waals surface area contributed by atoms with E-state index >= 15 is 0 Å². The number of sulfonamides is 1. The van der Waals surface area contributed by atoms with Crippen LogP contribution in [0.2, 0.25) is 0 Å². The Balaban J connectivity index is 2.11. The first kappa shape index (κ1) is 15.9. The van der Waals surface area contributed by atoms with Crippen molar-refractivity contribution in [2.75, 3.05) is 0 Å². The van der Waals surface area contributed by atoms with Crippen LogP contribution in [0.1, 0.15) is 29.0 Å². The number of benzene rings is 1. The maximum atomic E-state index is 12.0. The number of carbonyl (C=O) groups is 1. The first-order chi connectivity index (χ1) is 10.3. The number of H-pyrrole nitrogens is 1. The zero-order valence-corrected chi connectivity index (χ0v) is 12.4. The van der Waals surface area contributed by atoms with Crippen LogP contribution in [0.3, 0.4) is 0 Å². The van der Waals surface area contributed by atoms with E-state index in [2.05, 4.69) is 15.5 Å². The lowest BCUT2D eigenvalue weighted by molar-refractivity contribution is 0.0933. The number of carbonyl (C=O) groups excluding carboxylic acids is 1. The molecule has 8 nitrogen and oxygen atoms in total. The van der Waals surface area contributed by atoms with Crippen molar-refractivity contribution in [1.29, 1.82) is 0 Å². The molecule has 0 saturated carbocycles. The Morgan fingerprint density at radius 1 is 1.23 bits per heavy atom. The molecule has 116 valence electrons. The van der Waals surface area contributed by atoms with Crippen molar-refractivity contribution < 1.29 is 13.2 Å². The fraction of sp³-hybridized carbons (Fsp3) is 0.154. The summed E-state index contributed by atoms with van der Waals surface area (Å²) in [5.41, 5.74) is 0.376. The van der Waals surface area contributed by atoms with Gasteiger partial charge < -0.3 is 5.32 Å². The normalized spacial score (nSPS) is 12.6. The van der Waals surface area contributed by atoms with Gasteiger partial charge >= 0.3 is 0 Å². The van der Waals surface area contributed by atoms with Crippen LogP contribution in [0.4, 0.5) is 0 Å². The monoisotopic (exact) mass is 322 g/mol. The number of nitrogens with two attached hydrogens (primary N) is 1. The third kappa shape index (κ3) is 3.77. The molecule has 1 aromatic carbocycles. The summed E-state index contributed by atoms with van der Waals surface area (Å²) in [6, 6.07) is 7.99. The van der Waals surface area contributed by atoms with Gasteiger partial charge in [-0.1, -0.05) is 12.1 Å². The number of hydrogen-bond donors (Lipinski definition) is 3. The molecule has 1 aromatic heterocycles. The molecule has 0 aliphatic heterocycles. The van der Waals surface area contributed by atoms with Gasteiger partial charge in [-0.05, 0) is 30.7 Å². The molecule has 0 aliphatic carbocycles. The summed E-state index contributed by atoms with van der Waals surface area (Å²) >= 11 is 0. The second-order valence-corrected chi connectivity index (χ2v) is 6.18. The van der Waals surface area contributed by atoms with Crippen molar-refractivity contribution >= 4 is 15.9 Å². The molecule has 9 heteroatoms. The summed E-state index contributed by atoms with van der Waals surface area (Å²) in [7, 11) is -3.75. The minimum atomic E-state index is -3.75. The zero-order valence-electron chi connectivity index (χ0n) is 11.6. The van der Waals surface area contributed by atoms with Crippen molar-refractivity contribution in [3.05, 3.63) is 58.0 Å². The van der Waals surface area contributed by atoms with Crippen LogP contribution in [0.5, 0.6) is 0 Å². The van der Waals surface area contributed by atoms with Crippen LogP contribution in [0, 0.1) is 0 Å². The summed E-state index contributed by atoms with van der Waals surface area (Å²) < 4.78 is 22.4. The van der Waals surface area contributed by atoms with E-state index in [1.807, 2.05) is 0 Å². The molecule has 4 N–H and O–H groups in total. The van der Waals surface area contributed by atoms with Crippen molar-refractivity contribution in [3.63, 3.8) is 0 Å². The SMILES string of the molecule is C[C@@H](NC(=O)c1ccc(=O)[nH]n1)c1ccc(S(N)(=O)=O)cc1. The molecular formula is C13H14N4O4S. The fourth-order valence-electron chi connectivity index (χ4n) is 1.77. The van der Waals surface area contributed by atoms with Crippen LogP contribution in [0.25, 0.3) is 0 Å². The van der Waals surface area contributed by atoms with E-state index in [1.54, 1.807) is 19.1 Å². The Hall–Kier alpha value is -2.52. The van der Waals surface area contributed by atoms with E-state index in [-0.39, 0.29) is 16.6 Å². The van der Waals surface area contributed by atoms with E-state index in [0.717, 1.165) is 0 Å². The molecule has 1 atom stereocenters. The number of aromatic amines is 1. The smallest absolute Gasteiger partial charge is 0.272 e. The number of hydrogen-bond acceptors (Lipinski definition) is 5. The van der Waals surface area contributed by atoms with Crippen molar-refractivity contribution in [2.24, 2.45) is 5.14 Å². The van der Waals surface area contributed by atoms with Gasteiger partial charge in [-0.15, -0.1) is 0 Å². The maximum Gasteiger partial charge on any atom is 0.272 e. The summed E-state index contributed by atoms with van der Waals surface area (Å²) in [5.74, 6) is -0.459. The van der Waals surface area contributed by atoms with Gasteiger partial charge in [0.05, 0.1) is 10.9 Å². The second kappa shape index (κ2) is 6.08. The second-order valence-electron chi connectivity index (χ2n) is 4.62. The number of rotatable bonds is 4. The molecule has 2 aromatic rings. The third-order valence-corrected chi connectivity index (χ3v) is 3.90. The Morgan fingerprint density at radius 3 is 2.36 bits per heavy atom. The van der Waals surface area contributed by atoms with Crippen LogP contribution in [0.15, 0.2) is 46.1 Å². The molecule has 0 bridgehead atoms. The number of amides is 1. The predicted octanol–water partition coefficient (Wildman–Crippen LogP) is -0.0917. The van der Waals surface area contributed by atoms with Gasteiger partial charge in [0.1, 0.15) is 5.69 Å². The Labute approximate surface area is 126 Å². The number of aromatic nitrogens is 2. The lowest BCUT2D eigenvalue weighted by Gasteiger charge is -2.14. The van der Waals surface area contributed by atoms with E-state index in [0.29, 0.717) is 5.56 Å². The first-order valence-corrected chi connectivity index (χ1v) is 7.81. The summed E-state index contributed by atoms with van der Waals surface area (Å²) in [4.78, 5) is 22.8. The van der Waals surface area contributed by atoms with E-state index < -0.39 is 21.5 Å². The molecule has 0 fully saturated rings. The molecule has 0 aliphatic rings. The molecular weight excluding hydrogens is 308 g/mol. The third-order valence-electron chi connectivity index (χ3n) is 2.97. The number of nitrogens with one attached hydrogen (secondary N) is 2. The van der Waals surface area contributed by atoms with Crippen molar-refractivity contribution in [3.8, 4) is 0 Å². The number of primary sulfonamides is 1. The van der Waals surface area contributed by atoms with E-state index in [4.69, 9.17) is 5.14 Å².